The van der Waals surface area contributed by atoms with E-state index < -0.39 is 60.6 Å². The van der Waals surface area contributed by atoms with E-state index in [0.29, 0.717) is 30.2 Å². The molecule has 0 spiro atoms. The molecule has 4 amide bonds. The summed E-state index contributed by atoms with van der Waals surface area (Å²) in [7, 11) is -5.85. The second-order valence-electron chi connectivity index (χ2n) is 13.2. The molecular weight excluding hydrogens is 689 g/mol. The standard InChI is InChI=1S/C34H35F2N6O8P/c1-19(43)40-11-9-26-6-7-29(33(47)41-16-24(15-37)27(17-41)21-8-10-38-30(44)14-21)42(26)32(46)28(18-40)39-31(45)22-3-2-20-4-5-25(13-23(20)12-22)34(35,36)51(48,49)50/h2-5,8,10,12-14,24,26-29H,6-7,9,11,16-18H2,1H3,(H,38,44)(H,39,45)(H2,48,49,50)/t24-,26-,27+,28+,29+/m1/s1. The molecule has 3 aliphatic rings. The molecule has 4 N–H and O–H groups in total. The van der Waals surface area contributed by atoms with Crippen molar-refractivity contribution < 1.29 is 42.3 Å². The molecule has 3 aliphatic heterocycles. The van der Waals surface area contributed by atoms with Crippen LogP contribution in [-0.2, 0) is 24.6 Å². The molecule has 0 radical (unpaired) electrons. The van der Waals surface area contributed by atoms with Crippen molar-refractivity contribution in [3.8, 4) is 6.07 Å². The van der Waals surface area contributed by atoms with E-state index in [-0.39, 0.29) is 54.5 Å². The van der Waals surface area contributed by atoms with Crippen molar-refractivity contribution in [3.63, 3.8) is 0 Å². The molecule has 14 nitrogen and oxygen atoms in total. The molecule has 268 valence electrons. The SMILES string of the molecule is CC(=O)N1CC[C@H]2CC[C@@H](C(=O)N3C[C@@H](C#N)[C@H](c4cc[nH]c(=O)c4)C3)N2C(=O)[C@@H](NC(=O)c2ccc3ccc(C(F)(F)P(=O)(O)O)cc3c2)C1. The molecule has 1 aromatic heterocycles. The van der Waals surface area contributed by atoms with E-state index in [1.54, 1.807) is 6.07 Å². The number of alkyl halides is 2. The van der Waals surface area contributed by atoms with Crippen molar-refractivity contribution in [2.45, 2.75) is 55.9 Å². The zero-order valence-corrected chi connectivity index (χ0v) is 28.3. The van der Waals surface area contributed by atoms with E-state index in [1.165, 1.54) is 58.2 Å². The maximum absolute atomic E-state index is 14.4. The van der Waals surface area contributed by atoms with Gasteiger partial charge in [-0.15, -0.1) is 0 Å². The van der Waals surface area contributed by atoms with E-state index in [9.17, 15) is 52.4 Å². The van der Waals surface area contributed by atoms with Gasteiger partial charge in [-0.25, -0.2) is 0 Å². The van der Waals surface area contributed by atoms with Gasteiger partial charge in [-0.05, 0) is 59.9 Å². The number of carbonyl (C=O) groups is 4. The monoisotopic (exact) mass is 724 g/mol. The predicted molar refractivity (Wildman–Crippen MR) is 177 cm³/mol. The number of amides is 4. The molecule has 0 unspecified atom stereocenters. The summed E-state index contributed by atoms with van der Waals surface area (Å²) < 4.78 is 40.3. The van der Waals surface area contributed by atoms with Gasteiger partial charge in [0.05, 0.1) is 12.0 Å². The van der Waals surface area contributed by atoms with Gasteiger partial charge in [0.15, 0.2) is 0 Å². The average molecular weight is 725 g/mol. The van der Waals surface area contributed by atoms with Gasteiger partial charge in [0.1, 0.15) is 12.1 Å². The lowest BCUT2D eigenvalue weighted by Crippen LogP contribution is -2.61. The molecule has 2 aromatic carbocycles. The molecule has 4 heterocycles. The van der Waals surface area contributed by atoms with Gasteiger partial charge in [-0.1, -0.05) is 18.2 Å². The van der Waals surface area contributed by atoms with Crippen LogP contribution in [0.1, 0.15) is 53.6 Å². The summed E-state index contributed by atoms with van der Waals surface area (Å²) in [6.45, 7) is 1.69. The zero-order chi connectivity index (χ0) is 36.8. The van der Waals surface area contributed by atoms with Crippen LogP contribution in [-0.4, -0.2) is 97.4 Å². The van der Waals surface area contributed by atoms with Crippen LogP contribution in [0.2, 0.25) is 0 Å². The van der Waals surface area contributed by atoms with Gasteiger partial charge in [-0.3, -0.25) is 28.5 Å². The predicted octanol–water partition coefficient (Wildman–Crippen LogP) is 2.23. The fraction of sp³-hybridized carbons (Fsp3) is 0.412. The highest BCUT2D eigenvalue weighted by Gasteiger charge is 2.51. The number of nitrogens with one attached hydrogen (secondary N) is 2. The Labute approximate surface area is 290 Å². The Bertz CT molecular complexity index is 2060. The molecule has 17 heteroatoms. The lowest BCUT2D eigenvalue weighted by atomic mass is 9.91. The Morgan fingerprint density at radius 3 is 2.41 bits per heavy atom. The summed E-state index contributed by atoms with van der Waals surface area (Å²) in [6, 6.07) is 9.85. The highest BCUT2D eigenvalue weighted by Crippen LogP contribution is 2.59. The molecule has 3 aromatic rings. The Morgan fingerprint density at radius 1 is 0.980 bits per heavy atom. The lowest BCUT2D eigenvalue weighted by Gasteiger charge is -2.39. The Kier molecular flexibility index (Phi) is 9.58. The van der Waals surface area contributed by atoms with Crippen molar-refractivity contribution in [1.82, 2.24) is 25.0 Å². The molecular formula is C34H35F2N6O8P. The van der Waals surface area contributed by atoms with Crippen molar-refractivity contribution in [3.05, 3.63) is 81.8 Å². The minimum Gasteiger partial charge on any atom is -0.340 e. The Morgan fingerprint density at radius 2 is 1.73 bits per heavy atom. The van der Waals surface area contributed by atoms with Crippen LogP contribution in [0.15, 0.2) is 59.5 Å². The summed E-state index contributed by atoms with van der Waals surface area (Å²) in [4.78, 5) is 91.8. The zero-order valence-electron chi connectivity index (χ0n) is 27.4. The number of carbonyl (C=O) groups excluding carboxylic acids is 4. The number of aromatic nitrogens is 1. The molecule has 6 rings (SSSR count). The maximum Gasteiger partial charge on any atom is 0.399 e. The lowest BCUT2D eigenvalue weighted by molar-refractivity contribution is -0.148. The highest BCUT2D eigenvalue weighted by atomic mass is 31.2. The van der Waals surface area contributed by atoms with Gasteiger partial charge in [0, 0.05) is 68.5 Å². The molecule has 3 saturated heterocycles. The number of fused-ring (bicyclic) bond motifs is 2. The number of hydrogen-bond acceptors (Lipinski definition) is 7. The number of likely N-dealkylation sites (tertiary alicyclic amines) is 1. The van der Waals surface area contributed by atoms with Crippen LogP contribution in [0.3, 0.4) is 0 Å². The summed E-state index contributed by atoms with van der Waals surface area (Å²) >= 11 is 0. The second-order valence-corrected chi connectivity index (χ2v) is 14.9. The van der Waals surface area contributed by atoms with Crippen LogP contribution >= 0.6 is 7.60 Å². The first-order valence-electron chi connectivity index (χ1n) is 16.3. The van der Waals surface area contributed by atoms with E-state index in [1.807, 2.05) is 0 Å². The van der Waals surface area contributed by atoms with Crippen LogP contribution in [0.4, 0.5) is 8.78 Å². The van der Waals surface area contributed by atoms with Crippen LogP contribution < -0.4 is 10.9 Å². The van der Waals surface area contributed by atoms with Gasteiger partial charge < -0.3 is 34.8 Å². The summed E-state index contributed by atoms with van der Waals surface area (Å²) in [5, 5.41) is 13.0. The van der Waals surface area contributed by atoms with E-state index in [4.69, 9.17) is 0 Å². The molecule has 0 saturated carbocycles. The number of halogens is 2. The largest absolute Gasteiger partial charge is 0.399 e. The normalized spacial score (nSPS) is 24.1. The number of pyridine rings is 1. The second kappa shape index (κ2) is 13.6. The number of aromatic amines is 1. The van der Waals surface area contributed by atoms with Crippen LogP contribution in [0.5, 0.6) is 0 Å². The number of nitrogens with zero attached hydrogens (tertiary/aromatic N) is 4. The van der Waals surface area contributed by atoms with Crippen LogP contribution in [0.25, 0.3) is 10.8 Å². The third-order valence-corrected chi connectivity index (χ3v) is 11.1. The number of benzene rings is 2. The average Bonchev–Trinajstić information content (AvgIpc) is 3.72. The topological polar surface area (TPSA) is 204 Å². The smallest absolute Gasteiger partial charge is 0.340 e. The quantitative estimate of drug-likeness (QED) is 0.275. The molecule has 3 fully saturated rings. The maximum atomic E-state index is 14.4. The molecule has 0 aliphatic carbocycles. The van der Waals surface area contributed by atoms with Crippen molar-refractivity contribution in [2.24, 2.45) is 5.92 Å². The van der Waals surface area contributed by atoms with E-state index in [2.05, 4.69) is 16.4 Å². The first kappa shape index (κ1) is 35.8. The van der Waals surface area contributed by atoms with Crippen molar-refractivity contribution in [1.29, 1.82) is 5.26 Å². The third kappa shape index (κ3) is 6.89. The van der Waals surface area contributed by atoms with Crippen molar-refractivity contribution >= 4 is 42.0 Å². The minimum atomic E-state index is -5.85. The number of H-pyrrole nitrogens is 1. The fourth-order valence-corrected chi connectivity index (χ4v) is 7.83. The number of nitriles is 1. The van der Waals surface area contributed by atoms with Gasteiger partial charge >= 0.3 is 13.3 Å². The molecule has 0 bridgehead atoms. The van der Waals surface area contributed by atoms with Gasteiger partial charge in [-0.2, -0.15) is 14.0 Å². The number of rotatable bonds is 6. The van der Waals surface area contributed by atoms with Gasteiger partial charge in [0.25, 0.3) is 5.91 Å². The summed E-state index contributed by atoms with van der Waals surface area (Å²) in [5.74, 6) is -3.02. The number of hydrogen-bond donors (Lipinski definition) is 4. The van der Waals surface area contributed by atoms with Crippen molar-refractivity contribution in [2.75, 3.05) is 26.2 Å². The van der Waals surface area contributed by atoms with Gasteiger partial charge in [0.2, 0.25) is 23.3 Å². The van der Waals surface area contributed by atoms with E-state index in [0.717, 1.165) is 12.1 Å². The van der Waals surface area contributed by atoms with Crippen LogP contribution in [0, 0.1) is 17.2 Å². The van der Waals surface area contributed by atoms with E-state index >= 15 is 0 Å². The summed E-state index contributed by atoms with van der Waals surface area (Å²) in [6.07, 6.45) is 2.67. The first-order valence-corrected chi connectivity index (χ1v) is 17.9. The third-order valence-electron chi connectivity index (χ3n) is 10.1. The first-order chi connectivity index (χ1) is 24.1. The Balaban J connectivity index is 1.25. The Hall–Kier alpha value is -4.97. The highest BCUT2D eigenvalue weighted by molar-refractivity contribution is 7.52. The summed E-state index contributed by atoms with van der Waals surface area (Å²) in [5.41, 5.74) is -5.15. The minimum absolute atomic E-state index is 0.0422. The molecule has 5 atom stereocenters. The fourth-order valence-electron chi connectivity index (χ4n) is 7.35. The molecule has 51 heavy (non-hydrogen) atoms.